The number of nitrogens with one attached hydrogen (secondary N) is 1. The van der Waals surface area contributed by atoms with Gasteiger partial charge in [0.15, 0.2) is 0 Å². The summed E-state index contributed by atoms with van der Waals surface area (Å²) in [6, 6.07) is 12.6. The minimum Gasteiger partial charge on any atom is -0.318 e. The average molecular weight is 506 g/mol. The van der Waals surface area contributed by atoms with E-state index in [9.17, 15) is 14.4 Å². The molecule has 7 heteroatoms. The summed E-state index contributed by atoms with van der Waals surface area (Å²) >= 11 is 3.53. The molecule has 4 amide bonds. The Labute approximate surface area is 201 Å². The van der Waals surface area contributed by atoms with Crippen LogP contribution in [-0.4, -0.2) is 22.4 Å². The molecule has 1 fully saturated rings. The number of imide groups is 2. The van der Waals surface area contributed by atoms with Gasteiger partial charge in [-0.2, -0.15) is 0 Å². The predicted octanol–water partition coefficient (Wildman–Crippen LogP) is 5.45. The number of benzene rings is 2. The fourth-order valence-corrected chi connectivity index (χ4v) is 4.26. The molecule has 1 N–H and O–H groups in total. The van der Waals surface area contributed by atoms with Crippen molar-refractivity contribution < 1.29 is 14.4 Å². The Bertz CT molecular complexity index is 1370. The number of carbonyl (C=O) groups is 3. The maximum atomic E-state index is 13.3. The van der Waals surface area contributed by atoms with E-state index in [1.54, 1.807) is 18.2 Å². The number of halogens is 1. The van der Waals surface area contributed by atoms with E-state index >= 15 is 0 Å². The molecule has 4 rings (SSSR count). The lowest BCUT2D eigenvalue weighted by Gasteiger charge is -2.26. The molecule has 3 aromatic rings. The quantitative estimate of drug-likeness (QED) is 0.380. The molecule has 0 bridgehead atoms. The van der Waals surface area contributed by atoms with Crippen LogP contribution in [0.15, 0.2) is 52.5 Å². The molecule has 2 aromatic carbocycles. The third-order valence-corrected chi connectivity index (χ3v) is 6.91. The molecule has 1 aliphatic rings. The van der Waals surface area contributed by atoms with Crippen molar-refractivity contribution in [1.82, 2.24) is 9.88 Å². The summed E-state index contributed by atoms with van der Waals surface area (Å²) in [7, 11) is 0. The maximum absolute atomic E-state index is 13.3. The molecule has 0 unspecified atom stereocenters. The van der Waals surface area contributed by atoms with E-state index in [0.29, 0.717) is 5.69 Å². The number of carbonyl (C=O) groups excluding carboxylic acids is 3. The lowest BCUT2D eigenvalue weighted by molar-refractivity contribution is -0.122. The van der Waals surface area contributed by atoms with Crippen LogP contribution in [-0.2, 0) is 9.59 Å². The number of hydrogen-bond donors (Lipinski definition) is 1. The summed E-state index contributed by atoms with van der Waals surface area (Å²) in [4.78, 5) is 39.4. The number of rotatable bonds is 3. The Morgan fingerprint density at radius 3 is 2.15 bits per heavy atom. The number of aryl methyl sites for hydroxylation is 4. The monoisotopic (exact) mass is 505 g/mol. The number of hydrogen-bond acceptors (Lipinski definition) is 3. The number of anilines is 1. The first-order chi connectivity index (χ1) is 15.6. The van der Waals surface area contributed by atoms with Crippen LogP contribution in [0.2, 0.25) is 0 Å². The van der Waals surface area contributed by atoms with E-state index in [4.69, 9.17) is 0 Å². The number of aromatic nitrogens is 1. The van der Waals surface area contributed by atoms with Gasteiger partial charge in [0.2, 0.25) is 0 Å². The third-order valence-electron chi connectivity index (χ3n) is 6.02. The third kappa shape index (κ3) is 4.04. The van der Waals surface area contributed by atoms with Gasteiger partial charge in [0.25, 0.3) is 11.8 Å². The molecular weight excluding hydrogens is 482 g/mol. The predicted molar refractivity (Wildman–Crippen MR) is 133 cm³/mol. The van der Waals surface area contributed by atoms with Crippen molar-refractivity contribution >= 4 is 45.5 Å². The molecule has 0 spiro atoms. The van der Waals surface area contributed by atoms with Crippen molar-refractivity contribution in [3.05, 3.63) is 86.2 Å². The Kier molecular flexibility index (Phi) is 5.84. The van der Waals surface area contributed by atoms with Crippen LogP contribution < -0.4 is 10.2 Å². The summed E-state index contributed by atoms with van der Waals surface area (Å²) in [6.07, 6.45) is 1.56. The van der Waals surface area contributed by atoms with E-state index in [-0.39, 0.29) is 5.57 Å². The zero-order chi connectivity index (χ0) is 24.0. The summed E-state index contributed by atoms with van der Waals surface area (Å²) in [5, 5.41) is 2.30. The van der Waals surface area contributed by atoms with Gasteiger partial charge in [0.1, 0.15) is 5.57 Å². The van der Waals surface area contributed by atoms with E-state index in [1.807, 2.05) is 58.9 Å². The Morgan fingerprint density at radius 2 is 1.48 bits per heavy atom. The van der Waals surface area contributed by atoms with Crippen LogP contribution >= 0.6 is 15.9 Å². The largest absolute Gasteiger partial charge is 0.335 e. The van der Waals surface area contributed by atoms with Gasteiger partial charge in [-0.15, -0.1) is 0 Å². The highest BCUT2D eigenvalue weighted by molar-refractivity contribution is 9.10. The van der Waals surface area contributed by atoms with E-state index in [0.717, 1.165) is 48.7 Å². The first-order valence-electron chi connectivity index (χ1n) is 10.5. The van der Waals surface area contributed by atoms with Gasteiger partial charge in [-0.1, -0.05) is 22.0 Å². The number of amides is 4. The van der Waals surface area contributed by atoms with Gasteiger partial charge in [0, 0.05) is 21.5 Å². The van der Waals surface area contributed by atoms with Gasteiger partial charge in [-0.3, -0.25) is 14.9 Å². The maximum Gasteiger partial charge on any atom is 0.335 e. The molecule has 0 radical (unpaired) electrons. The van der Waals surface area contributed by atoms with Crippen molar-refractivity contribution in [2.75, 3.05) is 4.90 Å². The van der Waals surface area contributed by atoms with Crippen molar-refractivity contribution in [1.29, 1.82) is 0 Å². The standard InChI is InChI=1S/C26H24BrN3O3/c1-14-6-7-21(10-15(14)2)30-25(32)22(24(31)28-26(30)33)13-19-12-17(4)29(18(19)5)20-8-9-23(27)16(3)11-20/h6-13H,1-5H3,(H,28,31,33)/b22-13+. The minimum atomic E-state index is -0.749. The Morgan fingerprint density at radius 1 is 0.818 bits per heavy atom. The van der Waals surface area contributed by atoms with Gasteiger partial charge in [-0.05, 0) is 99.3 Å². The molecule has 1 aromatic heterocycles. The fourth-order valence-electron chi connectivity index (χ4n) is 4.01. The van der Waals surface area contributed by atoms with E-state index < -0.39 is 17.8 Å². The molecule has 1 saturated heterocycles. The molecular formula is C26H24BrN3O3. The molecule has 0 saturated carbocycles. The second-order valence-electron chi connectivity index (χ2n) is 8.32. The minimum absolute atomic E-state index is 0.0833. The normalized spacial score (nSPS) is 15.4. The molecule has 1 aliphatic heterocycles. The highest BCUT2D eigenvalue weighted by Crippen LogP contribution is 2.28. The lowest BCUT2D eigenvalue weighted by atomic mass is 10.1. The van der Waals surface area contributed by atoms with E-state index in [1.165, 1.54) is 0 Å². The summed E-state index contributed by atoms with van der Waals surface area (Å²) in [5.74, 6) is -1.34. The summed E-state index contributed by atoms with van der Waals surface area (Å²) in [5.41, 5.74) is 7.01. The van der Waals surface area contributed by atoms with Crippen LogP contribution in [0.4, 0.5) is 10.5 Å². The second kappa shape index (κ2) is 8.48. The van der Waals surface area contributed by atoms with Crippen LogP contribution in [0.3, 0.4) is 0 Å². The van der Waals surface area contributed by atoms with Crippen molar-refractivity contribution in [3.8, 4) is 5.69 Å². The van der Waals surface area contributed by atoms with Crippen molar-refractivity contribution in [2.45, 2.75) is 34.6 Å². The number of nitrogens with zero attached hydrogens (tertiary/aromatic N) is 2. The van der Waals surface area contributed by atoms with Gasteiger partial charge in [-0.25, -0.2) is 9.69 Å². The first kappa shape index (κ1) is 22.7. The number of barbiturate groups is 1. The molecule has 33 heavy (non-hydrogen) atoms. The summed E-state index contributed by atoms with van der Waals surface area (Å²) < 4.78 is 3.10. The zero-order valence-corrected chi connectivity index (χ0v) is 20.7. The molecule has 6 nitrogen and oxygen atoms in total. The topological polar surface area (TPSA) is 71.4 Å². The first-order valence-corrected chi connectivity index (χ1v) is 11.3. The van der Waals surface area contributed by atoms with Crippen molar-refractivity contribution in [3.63, 3.8) is 0 Å². The second-order valence-corrected chi connectivity index (χ2v) is 9.18. The van der Waals surface area contributed by atoms with Crippen LogP contribution in [0, 0.1) is 34.6 Å². The SMILES string of the molecule is Cc1ccc(N2C(=O)NC(=O)/C(=C\c3cc(C)n(-c4ccc(Br)c(C)c4)c3C)C2=O)cc1C. The molecule has 168 valence electrons. The number of urea groups is 1. The van der Waals surface area contributed by atoms with Gasteiger partial charge in [0.05, 0.1) is 5.69 Å². The molecule has 0 aliphatic carbocycles. The highest BCUT2D eigenvalue weighted by Gasteiger charge is 2.37. The van der Waals surface area contributed by atoms with E-state index in [2.05, 4.69) is 31.9 Å². The van der Waals surface area contributed by atoms with Crippen LogP contribution in [0.25, 0.3) is 11.8 Å². The molecule has 2 heterocycles. The summed E-state index contributed by atoms with van der Waals surface area (Å²) in [6.45, 7) is 9.79. The average Bonchev–Trinajstić information content (AvgIpc) is 3.03. The Hall–Kier alpha value is -3.45. The Balaban J connectivity index is 1.77. The van der Waals surface area contributed by atoms with Gasteiger partial charge >= 0.3 is 6.03 Å². The van der Waals surface area contributed by atoms with Gasteiger partial charge < -0.3 is 4.57 Å². The smallest absolute Gasteiger partial charge is 0.318 e. The van der Waals surface area contributed by atoms with Crippen LogP contribution in [0.5, 0.6) is 0 Å². The van der Waals surface area contributed by atoms with Crippen LogP contribution in [0.1, 0.15) is 33.6 Å². The molecule has 0 atom stereocenters. The zero-order valence-electron chi connectivity index (χ0n) is 19.1. The fraction of sp³-hybridized carbons (Fsp3) is 0.192. The lowest BCUT2D eigenvalue weighted by Crippen LogP contribution is -2.54. The highest BCUT2D eigenvalue weighted by atomic mass is 79.9. The van der Waals surface area contributed by atoms with Crippen molar-refractivity contribution in [2.24, 2.45) is 0 Å².